The standard InChI is InChI=1S/C12H15N3O2/c1-8-5-11(16)15(12(17)14-7-8)10-4-2-3-9(13)6-10/h2-4,6,8H,5,7,13H2,1H3,(H,14,17). The van der Waals surface area contributed by atoms with Gasteiger partial charge in [0.15, 0.2) is 0 Å². The number of urea groups is 1. The number of nitrogen functional groups attached to an aromatic ring is 1. The molecule has 5 heteroatoms. The summed E-state index contributed by atoms with van der Waals surface area (Å²) in [5.41, 5.74) is 6.70. The van der Waals surface area contributed by atoms with Gasteiger partial charge in [-0.25, -0.2) is 9.69 Å². The van der Waals surface area contributed by atoms with Crippen LogP contribution in [0.3, 0.4) is 0 Å². The Morgan fingerprint density at radius 1 is 1.41 bits per heavy atom. The van der Waals surface area contributed by atoms with Crippen LogP contribution in [-0.4, -0.2) is 18.5 Å². The van der Waals surface area contributed by atoms with Crippen LogP contribution in [-0.2, 0) is 4.79 Å². The number of nitrogens with two attached hydrogens (primary N) is 1. The SMILES string of the molecule is CC1CNC(=O)N(c2cccc(N)c2)C(=O)C1. The number of amides is 3. The van der Waals surface area contributed by atoms with Crippen LogP contribution < -0.4 is 16.0 Å². The highest BCUT2D eigenvalue weighted by Gasteiger charge is 2.28. The van der Waals surface area contributed by atoms with Crippen molar-refractivity contribution < 1.29 is 9.59 Å². The Morgan fingerprint density at radius 2 is 2.18 bits per heavy atom. The van der Waals surface area contributed by atoms with Gasteiger partial charge in [0.2, 0.25) is 5.91 Å². The van der Waals surface area contributed by atoms with Crippen molar-refractivity contribution in [3.05, 3.63) is 24.3 Å². The first-order valence-electron chi connectivity index (χ1n) is 5.54. The van der Waals surface area contributed by atoms with Crippen molar-refractivity contribution in [3.8, 4) is 0 Å². The zero-order chi connectivity index (χ0) is 12.4. The minimum Gasteiger partial charge on any atom is -0.399 e. The van der Waals surface area contributed by atoms with Crippen LogP contribution in [0.2, 0.25) is 0 Å². The van der Waals surface area contributed by atoms with Gasteiger partial charge in [0.1, 0.15) is 0 Å². The molecule has 1 fully saturated rings. The number of carbonyl (C=O) groups is 2. The van der Waals surface area contributed by atoms with Gasteiger partial charge in [-0.05, 0) is 24.1 Å². The van der Waals surface area contributed by atoms with Crippen molar-refractivity contribution in [2.45, 2.75) is 13.3 Å². The van der Waals surface area contributed by atoms with Crippen LogP contribution in [0.1, 0.15) is 13.3 Å². The van der Waals surface area contributed by atoms with Gasteiger partial charge in [0.25, 0.3) is 0 Å². The van der Waals surface area contributed by atoms with Gasteiger partial charge in [-0.1, -0.05) is 13.0 Å². The molecule has 90 valence electrons. The zero-order valence-electron chi connectivity index (χ0n) is 9.64. The van der Waals surface area contributed by atoms with E-state index in [0.29, 0.717) is 24.3 Å². The number of hydrogen-bond acceptors (Lipinski definition) is 3. The van der Waals surface area contributed by atoms with E-state index in [9.17, 15) is 9.59 Å². The van der Waals surface area contributed by atoms with Gasteiger partial charge in [-0.3, -0.25) is 4.79 Å². The normalized spacial score (nSPS) is 21.0. The first-order chi connectivity index (χ1) is 8.08. The summed E-state index contributed by atoms with van der Waals surface area (Å²) in [4.78, 5) is 25.0. The molecule has 17 heavy (non-hydrogen) atoms. The lowest BCUT2D eigenvalue weighted by Gasteiger charge is -2.18. The third kappa shape index (κ3) is 2.38. The number of anilines is 2. The Bertz CT molecular complexity index is 459. The van der Waals surface area contributed by atoms with Gasteiger partial charge < -0.3 is 11.1 Å². The summed E-state index contributed by atoms with van der Waals surface area (Å²) in [5.74, 6) is -0.0457. The van der Waals surface area contributed by atoms with Gasteiger partial charge in [-0.2, -0.15) is 0 Å². The van der Waals surface area contributed by atoms with E-state index in [1.54, 1.807) is 24.3 Å². The summed E-state index contributed by atoms with van der Waals surface area (Å²) in [7, 11) is 0. The van der Waals surface area contributed by atoms with Crippen LogP contribution in [0.4, 0.5) is 16.2 Å². The molecule has 1 heterocycles. The summed E-state index contributed by atoms with van der Waals surface area (Å²) in [6.45, 7) is 2.45. The number of benzene rings is 1. The Morgan fingerprint density at radius 3 is 2.88 bits per heavy atom. The molecule has 0 radical (unpaired) electrons. The van der Waals surface area contributed by atoms with E-state index >= 15 is 0 Å². The summed E-state index contributed by atoms with van der Waals surface area (Å²) < 4.78 is 0. The Balaban J connectivity index is 2.34. The van der Waals surface area contributed by atoms with E-state index in [1.165, 1.54) is 0 Å². The molecule has 5 nitrogen and oxygen atoms in total. The van der Waals surface area contributed by atoms with E-state index < -0.39 is 0 Å². The fourth-order valence-electron chi connectivity index (χ4n) is 1.84. The molecule has 1 unspecified atom stereocenters. The maximum Gasteiger partial charge on any atom is 0.328 e. The number of imide groups is 1. The van der Waals surface area contributed by atoms with Crippen molar-refractivity contribution in [2.75, 3.05) is 17.2 Å². The molecule has 1 saturated heterocycles. The van der Waals surface area contributed by atoms with Gasteiger partial charge in [0.05, 0.1) is 5.69 Å². The number of hydrogen-bond donors (Lipinski definition) is 2. The molecule has 1 aliphatic heterocycles. The average Bonchev–Trinajstić information content (AvgIpc) is 2.38. The lowest BCUT2D eigenvalue weighted by atomic mass is 10.1. The van der Waals surface area contributed by atoms with Crippen molar-refractivity contribution in [3.63, 3.8) is 0 Å². The summed E-state index contributed by atoms with van der Waals surface area (Å²) >= 11 is 0. The fourth-order valence-corrected chi connectivity index (χ4v) is 1.84. The lowest BCUT2D eigenvalue weighted by Crippen LogP contribution is -2.41. The quantitative estimate of drug-likeness (QED) is 0.719. The number of rotatable bonds is 1. The molecule has 0 spiro atoms. The summed E-state index contributed by atoms with van der Waals surface area (Å²) in [6, 6.07) is 6.37. The summed E-state index contributed by atoms with van der Waals surface area (Å²) in [6.07, 6.45) is 0.355. The highest BCUT2D eigenvalue weighted by Crippen LogP contribution is 2.21. The minimum atomic E-state index is -0.384. The third-order valence-corrected chi connectivity index (χ3v) is 2.71. The fraction of sp³-hybridized carbons (Fsp3) is 0.333. The number of nitrogens with zero attached hydrogens (tertiary/aromatic N) is 1. The molecule has 1 aliphatic rings. The molecular formula is C12H15N3O2. The zero-order valence-corrected chi connectivity index (χ0v) is 9.64. The molecule has 0 saturated carbocycles. The van der Waals surface area contributed by atoms with Crippen molar-refractivity contribution in [1.82, 2.24) is 5.32 Å². The Kier molecular flexibility index (Phi) is 2.99. The second-order valence-corrected chi connectivity index (χ2v) is 4.32. The maximum atomic E-state index is 12.0. The van der Waals surface area contributed by atoms with Crippen LogP contribution in [0.5, 0.6) is 0 Å². The van der Waals surface area contributed by atoms with Crippen LogP contribution in [0.15, 0.2) is 24.3 Å². The van der Waals surface area contributed by atoms with Gasteiger partial charge in [0, 0.05) is 18.7 Å². The highest BCUT2D eigenvalue weighted by atomic mass is 16.2. The molecule has 1 aromatic carbocycles. The predicted octanol–water partition coefficient (Wildman–Crippen LogP) is 1.35. The summed E-state index contributed by atoms with van der Waals surface area (Å²) in [5, 5.41) is 2.72. The van der Waals surface area contributed by atoms with E-state index in [-0.39, 0.29) is 17.9 Å². The molecule has 1 atom stereocenters. The maximum absolute atomic E-state index is 12.0. The monoisotopic (exact) mass is 233 g/mol. The second kappa shape index (κ2) is 4.45. The molecule has 0 aromatic heterocycles. The van der Waals surface area contributed by atoms with Crippen LogP contribution in [0, 0.1) is 5.92 Å². The highest BCUT2D eigenvalue weighted by molar-refractivity contribution is 6.14. The molecular weight excluding hydrogens is 218 g/mol. The smallest absolute Gasteiger partial charge is 0.328 e. The predicted molar refractivity (Wildman–Crippen MR) is 65.5 cm³/mol. The Labute approximate surface area is 99.6 Å². The van der Waals surface area contributed by atoms with Crippen molar-refractivity contribution in [2.24, 2.45) is 5.92 Å². The molecule has 0 bridgehead atoms. The van der Waals surface area contributed by atoms with Gasteiger partial charge in [-0.15, -0.1) is 0 Å². The molecule has 2 rings (SSSR count). The van der Waals surface area contributed by atoms with E-state index in [4.69, 9.17) is 5.73 Å². The molecule has 1 aromatic rings. The third-order valence-electron chi connectivity index (χ3n) is 2.71. The molecule has 0 aliphatic carbocycles. The average molecular weight is 233 g/mol. The molecule has 3 amide bonds. The van der Waals surface area contributed by atoms with E-state index in [1.807, 2.05) is 6.92 Å². The number of carbonyl (C=O) groups excluding carboxylic acids is 2. The first-order valence-corrected chi connectivity index (χ1v) is 5.54. The van der Waals surface area contributed by atoms with Crippen molar-refractivity contribution >= 4 is 23.3 Å². The molecule has 3 N–H and O–H groups in total. The number of nitrogens with one attached hydrogen (secondary N) is 1. The Hall–Kier alpha value is -2.04. The largest absolute Gasteiger partial charge is 0.399 e. The minimum absolute atomic E-state index is 0.150. The van der Waals surface area contributed by atoms with E-state index in [0.717, 1.165) is 4.90 Å². The van der Waals surface area contributed by atoms with Crippen LogP contribution in [0.25, 0.3) is 0 Å². The second-order valence-electron chi connectivity index (χ2n) is 4.32. The van der Waals surface area contributed by atoms with Gasteiger partial charge >= 0.3 is 6.03 Å². The lowest BCUT2D eigenvalue weighted by molar-refractivity contribution is -0.118. The van der Waals surface area contributed by atoms with E-state index in [2.05, 4.69) is 5.32 Å². The van der Waals surface area contributed by atoms with Crippen molar-refractivity contribution in [1.29, 1.82) is 0 Å². The first kappa shape index (κ1) is 11.4. The topological polar surface area (TPSA) is 75.4 Å². The van der Waals surface area contributed by atoms with Crippen LogP contribution >= 0.6 is 0 Å².